The van der Waals surface area contributed by atoms with E-state index in [0.29, 0.717) is 24.6 Å². The molecule has 3 N–H and O–H groups in total. The fourth-order valence-corrected chi connectivity index (χ4v) is 5.36. The molecule has 0 aromatic rings. The summed E-state index contributed by atoms with van der Waals surface area (Å²) < 4.78 is 11.1. The van der Waals surface area contributed by atoms with E-state index in [1.807, 2.05) is 34.7 Å². The van der Waals surface area contributed by atoms with Crippen molar-refractivity contribution in [1.82, 2.24) is 25.8 Å². The van der Waals surface area contributed by atoms with Crippen molar-refractivity contribution in [2.45, 2.75) is 69.2 Å². The van der Waals surface area contributed by atoms with E-state index in [2.05, 4.69) is 46.6 Å². The number of hydrogen-bond acceptors (Lipinski definition) is 9. The van der Waals surface area contributed by atoms with Gasteiger partial charge in [0.15, 0.2) is 0 Å². The monoisotopic (exact) mass is 521 g/mol. The predicted molar refractivity (Wildman–Crippen MR) is 143 cm³/mol. The molecule has 0 aromatic carbocycles. The Bertz CT molecular complexity index is 663. The van der Waals surface area contributed by atoms with Crippen LogP contribution in [0.15, 0.2) is 0 Å². The van der Waals surface area contributed by atoms with E-state index in [-0.39, 0.29) is 17.5 Å². The van der Waals surface area contributed by atoms with Crippen molar-refractivity contribution in [3.05, 3.63) is 0 Å². The average molecular weight is 522 g/mol. The third-order valence-electron chi connectivity index (χ3n) is 6.47. The minimum atomic E-state index is -0.671. The second-order valence-corrected chi connectivity index (χ2v) is 13.1. The highest BCUT2D eigenvalue weighted by Crippen LogP contribution is 2.32. The molecule has 0 aliphatic carbocycles. The molecule has 1 fully saturated rings. The molecule has 0 bridgehead atoms. The van der Waals surface area contributed by atoms with Gasteiger partial charge in [-0.1, -0.05) is 0 Å². The van der Waals surface area contributed by atoms with Crippen LogP contribution in [0.2, 0.25) is 0 Å². The number of rotatable bonds is 15. The highest BCUT2D eigenvalue weighted by atomic mass is 32.2. The Morgan fingerprint density at radius 1 is 0.971 bits per heavy atom. The van der Waals surface area contributed by atoms with Gasteiger partial charge in [0.2, 0.25) is 11.8 Å². The van der Waals surface area contributed by atoms with Crippen LogP contribution in [0.1, 0.15) is 41.5 Å². The predicted octanol–water partition coefficient (Wildman–Crippen LogP) is 1.39. The van der Waals surface area contributed by atoms with Crippen molar-refractivity contribution >= 4 is 35.3 Å². The van der Waals surface area contributed by atoms with E-state index < -0.39 is 21.9 Å². The average Bonchev–Trinajstić information content (AvgIpc) is 3.03. The molecule has 0 radical (unpaired) electrons. The number of thioether (sulfide) groups is 2. The summed E-state index contributed by atoms with van der Waals surface area (Å²) in [5, 5.41) is 9.01. The molecule has 0 spiro atoms. The second-order valence-electron chi connectivity index (χ2n) is 9.91. The minimum Gasteiger partial charge on any atom is -0.368 e. The first-order valence-electron chi connectivity index (χ1n) is 11.8. The molecule has 1 aliphatic heterocycles. The fourth-order valence-electron chi connectivity index (χ4n) is 3.43. The van der Waals surface area contributed by atoms with Crippen molar-refractivity contribution in [3.8, 4) is 0 Å². The van der Waals surface area contributed by atoms with Gasteiger partial charge in [0.05, 0.1) is 11.7 Å². The fraction of sp³-hybridized carbons (Fsp3) is 0.913. The first-order valence-corrected chi connectivity index (χ1v) is 13.8. The Labute approximate surface area is 215 Å². The van der Waals surface area contributed by atoms with Gasteiger partial charge in [-0.2, -0.15) is 0 Å². The number of methoxy groups -OCH3 is 2. The number of carbonyl (C=O) groups excluding carboxylic acids is 2. The molecule has 0 saturated carbocycles. The molecule has 200 valence electrons. The van der Waals surface area contributed by atoms with Crippen LogP contribution in [0.3, 0.4) is 0 Å². The van der Waals surface area contributed by atoms with E-state index in [9.17, 15) is 9.59 Å². The lowest BCUT2D eigenvalue weighted by molar-refractivity contribution is -0.132. The van der Waals surface area contributed by atoms with Gasteiger partial charge in [-0.05, 0) is 55.6 Å². The van der Waals surface area contributed by atoms with Crippen molar-refractivity contribution in [2.24, 2.45) is 0 Å². The SMILES string of the molecule is CNCCNC(=O)[C@H](CSC(C)(C)OC)NC(=O)[C@H](CSC(C)(C)OC)N1CCN(C)C1(C)C. The Morgan fingerprint density at radius 2 is 1.53 bits per heavy atom. The summed E-state index contributed by atoms with van der Waals surface area (Å²) in [6.45, 7) is 14.9. The molecule has 1 aliphatic rings. The number of hydrogen-bond donors (Lipinski definition) is 3. The van der Waals surface area contributed by atoms with Crippen molar-refractivity contribution in [1.29, 1.82) is 0 Å². The largest absolute Gasteiger partial charge is 0.368 e. The maximum atomic E-state index is 13.7. The zero-order valence-corrected chi connectivity index (χ0v) is 24.4. The normalized spacial score (nSPS) is 19.1. The summed E-state index contributed by atoms with van der Waals surface area (Å²) in [6, 6.07) is -1.08. The topological polar surface area (TPSA) is 95.2 Å². The lowest BCUT2D eigenvalue weighted by atomic mass is 10.1. The van der Waals surface area contributed by atoms with Gasteiger partial charge in [-0.15, -0.1) is 23.5 Å². The van der Waals surface area contributed by atoms with Gasteiger partial charge < -0.3 is 25.4 Å². The molecule has 2 amide bonds. The van der Waals surface area contributed by atoms with Gasteiger partial charge in [-0.3, -0.25) is 19.4 Å². The van der Waals surface area contributed by atoms with E-state index >= 15 is 0 Å². The summed E-state index contributed by atoms with van der Waals surface area (Å²) in [4.78, 5) is 30.3. The third kappa shape index (κ3) is 9.48. The summed E-state index contributed by atoms with van der Waals surface area (Å²) in [5.41, 5.74) is -0.281. The highest BCUT2D eigenvalue weighted by Gasteiger charge is 2.44. The van der Waals surface area contributed by atoms with Crippen molar-refractivity contribution in [2.75, 3.05) is 66.0 Å². The first-order chi connectivity index (χ1) is 15.7. The smallest absolute Gasteiger partial charge is 0.243 e. The first kappa shape index (κ1) is 31.5. The maximum Gasteiger partial charge on any atom is 0.243 e. The molecule has 1 saturated heterocycles. The van der Waals surface area contributed by atoms with Crippen molar-refractivity contribution in [3.63, 3.8) is 0 Å². The molecule has 11 heteroatoms. The summed E-state index contributed by atoms with van der Waals surface area (Å²) >= 11 is 3.10. The van der Waals surface area contributed by atoms with Crippen LogP contribution in [0.25, 0.3) is 0 Å². The zero-order valence-electron chi connectivity index (χ0n) is 22.7. The number of nitrogens with one attached hydrogen (secondary N) is 3. The van der Waals surface area contributed by atoms with Gasteiger partial charge >= 0.3 is 0 Å². The molecular weight excluding hydrogens is 474 g/mol. The van der Waals surface area contributed by atoms with Crippen LogP contribution in [0.4, 0.5) is 0 Å². The van der Waals surface area contributed by atoms with E-state index in [1.54, 1.807) is 26.0 Å². The maximum absolute atomic E-state index is 13.7. The molecule has 0 unspecified atom stereocenters. The lowest BCUT2D eigenvalue weighted by Gasteiger charge is -2.41. The van der Waals surface area contributed by atoms with E-state index in [0.717, 1.165) is 13.1 Å². The summed E-state index contributed by atoms with van der Waals surface area (Å²) in [6.07, 6.45) is 0. The molecule has 1 heterocycles. The number of amides is 2. The van der Waals surface area contributed by atoms with Crippen molar-refractivity contribution < 1.29 is 19.1 Å². The number of nitrogens with zero attached hydrogens (tertiary/aromatic N) is 2. The Balaban J connectivity index is 3.09. The van der Waals surface area contributed by atoms with Gasteiger partial charge in [0.1, 0.15) is 15.9 Å². The molecule has 2 atom stereocenters. The minimum absolute atomic E-state index is 0.146. The van der Waals surface area contributed by atoms with Crippen LogP contribution in [-0.2, 0) is 19.1 Å². The Kier molecular flexibility index (Phi) is 12.6. The van der Waals surface area contributed by atoms with Crippen LogP contribution in [-0.4, -0.2) is 115 Å². The Hall–Kier alpha value is -0.560. The van der Waals surface area contributed by atoms with Crippen LogP contribution in [0, 0.1) is 0 Å². The van der Waals surface area contributed by atoms with E-state index in [1.165, 1.54) is 11.8 Å². The highest BCUT2D eigenvalue weighted by molar-refractivity contribution is 8.00. The van der Waals surface area contributed by atoms with Crippen LogP contribution < -0.4 is 16.0 Å². The van der Waals surface area contributed by atoms with Gasteiger partial charge in [0, 0.05) is 51.9 Å². The number of carbonyl (C=O) groups is 2. The van der Waals surface area contributed by atoms with E-state index in [4.69, 9.17) is 9.47 Å². The molecular formula is C23H47N5O4S2. The quantitative estimate of drug-likeness (QED) is 0.218. The lowest BCUT2D eigenvalue weighted by Crippen LogP contribution is -2.60. The van der Waals surface area contributed by atoms with Crippen LogP contribution >= 0.6 is 23.5 Å². The summed E-state index contributed by atoms with van der Waals surface area (Å²) in [5.74, 6) is 0.621. The summed E-state index contributed by atoms with van der Waals surface area (Å²) in [7, 11) is 7.23. The van der Waals surface area contributed by atoms with Gasteiger partial charge in [-0.25, -0.2) is 0 Å². The standard InChI is InChI=1S/C23H47N5O4S2/c1-21(2)27(8)13-14-28(21)18(16-34-23(5,6)32-10)20(30)26-17(15-33-22(3,4)31-9)19(29)25-12-11-24-7/h17-18,24H,11-16H2,1-10H3,(H,25,29)(H,26,30)/t17-,18-/m0/s1. The van der Waals surface area contributed by atoms with Crippen LogP contribution in [0.5, 0.6) is 0 Å². The van der Waals surface area contributed by atoms with Gasteiger partial charge in [0.25, 0.3) is 0 Å². The molecule has 9 nitrogen and oxygen atoms in total. The number of likely N-dealkylation sites (N-methyl/N-ethyl adjacent to an activating group) is 2. The third-order valence-corrected chi connectivity index (χ3v) is 9.18. The molecule has 34 heavy (non-hydrogen) atoms. The molecule has 1 rings (SSSR count). The molecule has 0 aromatic heterocycles. The number of ether oxygens (including phenoxy) is 2. The Morgan fingerprint density at radius 3 is 2.00 bits per heavy atom. The zero-order chi connectivity index (χ0) is 26.2. The second kappa shape index (κ2) is 13.7.